The van der Waals surface area contributed by atoms with E-state index in [4.69, 9.17) is 5.84 Å². The van der Waals surface area contributed by atoms with E-state index in [0.717, 1.165) is 0 Å². The van der Waals surface area contributed by atoms with Gasteiger partial charge >= 0.3 is 0 Å². The number of hydrogen-bond acceptors (Lipinski definition) is 6. The summed E-state index contributed by atoms with van der Waals surface area (Å²) in [6, 6.07) is 5.56. The summed E-state index contributed by atoms with van der Waals surface area (Å²) in [7, 11) is 0. The minimum atomic E-state index is -0.551. The molecule has 0 saturated carbocycles. The highest BCUT2D eigenvalue weighted by molar-refractivity contribution is 5.95. The van der Waals surface area contributed by atoms with E-state index >= 15 is 0 Å². The van der Waals surface area contributed by atoms with Gasteiger partial charge in [0.2, 0.25) is 11.8 Å². The zero-order chi connectivity index (χ0) is 18.4. The molecule has 1 fully saturated rings. The van der Waals surface area contributed by atoms with Crippen LogP contribution in [0.3, 0.4) is 0 Å². The molecular weight excluding hydrogens is 330 g/mol. The van der Waals surface area contributed by atoms with Crippen molar-refractivity contribution < 1.29 is 19.3 Å². The van der Waals surface area contributed by atoms with Crippen molar-refractivity contribution >= 4 is 23.4 Å². The predicted octanol–water partition coefficient (Wildman–Crippen LogP) is -0.351. The van der Waals surface area contributed by atoms with Crippen LogP contribution in [0.2, 0.25) is 0 Å². The maximum absolute atomic E-state index is 12.4. The highest BCUT2D eigenvalue weighted by atomic mass is 16.6. The van der Waals surface area contributed by atoms with Crippen molar-refractivity contribution in [3.8, 4) is 0 Å². The molecule has 1 aliphatic heterocycles. The van der Waals surface area contributed by atoms with Gasteiger partial charge in [-0.3, -0.25) is 29.9 Å². The van der Waals surface area contributed by atoms with Gasteiger partial charge in [0, 0.05) is 56.7 Å². The summed E-state index contributed by atoms with van der Waals surface area (Å²) >= 11 is 0. The Morgan fingerprint density at radius 1 is 1.12 bits per heavy atom. The van der Waals surface area contributed by atoms with E-state index in [2.05, 4.69) is 0 Å². The molecule has 134 valence electrons. The lowest BCUT2D eigenvalue weighted by atomic mass is 10.1. The lowest BCUT2D eigenvalue weighted by Crippen LogP contribution is -2.50. The topological polar surface area (TPSA) is 139 Å². The number of nitrogens with two attached hydrogens (primary N) is 1. The van der Waals surface area contributed by atoms with Crippen molar-refractivity contribution in [3.05, 3.63) is 39.9 Å². The van der Waals surface area contributed by atoms with Gasteiger partial charge in [-0.25, -0.2) is 5.84 Å². The molecule has 0 radical (unpaired) electrons. The second-order valence-electron chi connectivity index (χ2n) is 5.55. The van der Waals surface area contributed by atoms with Gasteiger partial charge in [0.1, 0.15) is 0 Å². The van der Waals surface area contributed by atoms with Crippen molar-refractivity contribution in [3.63, 3.8) is 0 Å². The number of carbonyl (C=O) groups is 3. The smallest absolute Gasteiger partial charge is 0.270 e. The number of rotatable bonds is 5. The number of hydrogen-bond donors (Lipinski definition) is 2. The third kappa shape index (κ3) is 4.73. The van der Waals surface area contributed by atoms with Crippen LogP contribution in [0.4, 0.5) is 5.69 Å². The summed E-state index contributed by atoms with van der Waals surface area (Å²) in [4.78, 5) is 48.9. The number of nitro benzene ring substituents is 1. The maximum Gasteiger partial charge on any atom is 0.270 e. The molecule has 0 unspecified atom stereocenters. The molecule has 1 aromatic carbocycles. The standard InChI is InChI=1S/C15H19N5O5/c16-17-13(21)4-5-14(22)18-6-8-19(9-7-18)15(23)11-2-1-3-12(10-11)20(24)25/h1-3,10H,4-9,16H2,(H,17,21). The van der Waals surface area contributed by atoms with E-state index in [1.54, 1.807) is 9.80 Å². The molecule has 10 nitrogen and oxygen atoms in total. The Hall–Kier alpha value is -3.01. The molecule has 0 atom stereocenters. The monoisotopic (exact) mass is 349 g/mol. The summed E-state index contributed by atoms with van der Waals surface area (Å²) in [5, 5.41) is 10.8. The van der Waals surface area contributed by atoms with Crippen LogP contribution in [0.1, 0.15) is 23.2 Å². The average Bonchev–Trinajstić information content (AvgIpc) is 2.65. The Balaban J connectivity index is 1.90. The summed E-state index contributed by atoms with van der Waals surface area (Å²) in [6.07, 6.45) is 0.0734. The number of piperazine rings is 1. The zero-order valence-corrected chi connectivity index (χ0v) is 13.5. The van der Waals surface area contributed by atoms with Crippen molar-refractivity contribution in [2.75, 3.05) is 26.2 Å². The molecular formula is C15H19N5O5. The van der Waals surface area contributed by atoms with E-state index in [0.29, 0.717) is 26.2 Å². The SMILES string of the molecule is NNC(=O)CCC(=O)N1CCN(C(=O)c2cccc([N+](=O)[O-])c2)CC1. The fraction of sp³-hybridized carbons (Fsp3) is 0.400. The van der Waals surface area contributed by atoms with Crippen LogP contribution in [-0.2, 0) is 9.59 Å². The summed E-state index contributed by atoms with van der Waals surface area (Å²) < 4.78 is 0. The summed E-state index contributed by atoms with van der Waals surface area (Å²) in [5.41, 5.74) is 2.07. The highest BCUT2D eigenvalue weighted by Crippen LogP contribution is 2.16. The number of nitro groups is 1. The lowest BCUT2D eigenvalue weighted by Gasteiger charge is -2.34. The van der Waals surface area contributed by atoms with Gasteiger partial charge in [0.05, 0.1) is 4.92 Å². The molecule has 3 N–H and O–H groups in total. The first kappa shape index (κ1) is 18.3. The quantitative estimate of drug-likeness (QED) is 0.322. The second kappa shape index (κ2) is 8.20. The molecule has 25 heavy (non-hydrogen) atoms. The van der Waals surface area contributed by atoms with Crippen LogP contribution in [0.5, 0.6) is 0 Å². The lowest BCUT2D eigenvalue weighted by molar-refractivity contribution is -0.384. The Labute approximate surface area is 143 Å². The minimum Gasteiger partial charge on any atom is -0.339 e. The molecule has 0 spiro atoms. The average molecular weight is 349 g/mol. The number of non-ortho nitro benzene ring substituents is 1. The van der Waals surface area contributed by atoms with Gasteiger partial charge in [-0.05, 0) is 6.07 Å². The molecule has 1 aromatic rings. The van der Waals surface area contributed by atoms with Gasteiger partial charge in [-0.1, -0.05) is 6.07 Å². The Kier molecular flexibility index (Phi) is 6.01. The van der Waals surface area contributed by atoms with Gasteiger partial charge in [0.25, 0.3) is 11.6 Å². The summed E-state index contributed by atoms with van der Waals surface area (Å²) in [6.45, 7) is 1.36. The van der Waals surface area contributed by atoms with Crippen LogP contribution >= 0.6 is 0 Å². The normalized spacial score (nSPS) is 14.1. The van der Waals surface area contributed by atoms with Crippen molar-refractivity contribution in [1.82, 2.24) is 15.2 Å². The van der Waals surface area contributed by atoms with Crippen molar-refractivity contribution in [1.29, 1.82) is 0 Å². The highest BCUT2D eigenvalue weighted by Gasteiger charge is 2.25. The number of nitrogens with one attached hydrogen (secondary N) is 1. The van der Waals surface area contributed by atoms with E-state index in [9.17, 15) is 24.5 Å². The van der Waals surface area contributed by atoms with E-state index in [1.807, 2.05) is 5.43 Å². The first-order valence-corrected chi connectivity index (χ1v) is 7.73. The van der Waals surface area contributed by atoms with Crippen LogP contribution < -0.4 is 11.3 Å². The van der Waals surface area contributed by atoms with Crippen molar-refractivity contribution in [2.45, 2.75) is 12.8 Å². The third-order valence-corrected chi connectivity index (χ3v) is 3.95. The first-order valence-electron chi connectivity index (χ1n) is 7.73. The molecule has 10 heteroatoms. The van der Waals surface area contributed by atoms with Gasteiger partial charge in [0.15, 0.2) is 0 Å². The fourth-order valence-electron chi connectivity index (χ4n) is 2.54. The predicted molar refractivity (Wildman–Crippen MR) is 87.1 cm³/mol. The molecule has 3 amide bonds. The minimum absolute atomic E-state index is 0.0160. The second-order valence-corrected chi connectivity index (χ2v) is 5.55. The molecule has 0 aromatic heterocycles. The van der Waals surface area contributed by atoms with Crippen LogP contribution in [-0.4, -0.2) is 58.6 Å². The number of nitrogens with zero attached hydrogens (tertiary/aromatic N) is 3. The van der Waals surface area contributed by atoms with Crippen LogP contribution in [0.15, 0.2) is 24.3 Å². The number of carbonyl (C=O) groups excluding carboxylic acids is 3. The van der Waals surface area contributed by atoms with Crippen molar-refractivity contribution in [2.24, 2.45) is 5.84 Å². The third-order valence-electron chi connectivity index (χ3n) is 3.95. The van der Waals surface area contributed by atoms with E-state index < -0.39 is 10.8 Å². The fourth-order valence-corrected chi connectivity index (χ4v) is 2.54. The first-order chi connectivity index (χ1) is 11.9. The maximum atomic E-state index is 12.4. The molecule has 2 rings (SSSR count). The van der Waals surface area contributed by atoms with Crippen LogP contribution in [0.25, 0.3) is 0 Å². The molecule has 1 saturated heterocycles. The Morgan fingerprint density at radius 2 is 1.76 bits per heavy atom. The largest absolute Gasteiger partial charge is 0.339 e. The Morgan fingerprint density at radius 3 is 2.36 bits per heavy atom. The zero-order valence-electron chi connectivity index (χ0n) is 13.5. The number of amides is 3. The molecule has 0 bridgehead atoms. The van der Waals surface area contributed by atoms with E-state index in [-0.39, 0.29) is 35.9 Å². The van der Waals surface area contributed by atoms with Crippen LogP contribution in [0, 0.1) is 10.1 Å². The molecule has 1 aliphatic rings. The molecule has 0 aliphatic carbocycles. The summed E-state index contributed by atoms with van der Waals surface area (Å²) in [5.74, 6) is 4.07. The van der Waals surface area contributed by atoms with Gasteiger partial charge < -0.3 is 9.80 Å². The Bertz CT molecular complexity index is 685. The molecule has 1 heterocycles. The number of benzene rings is 1. The number of hydrazine groups is 1. The van der Waals surface area contributed by atoms with Gasteiger partial charge in [-0.2, -0.15) is 0 Å². The van der Waals surface area contributed by atoms with E-state index in [1.165, 1.54) is 24.3 Å². The van der Waals surface area contributed by atoms with Gasteiger partial charge in [-0.15, -0.1) is 0 Å².